The summed E-state index contributed by atoms with van der Waals surface area (Å²) in [5.41, 5.74) is -0.312. The molecule has 0 amide bonds. The molecular weight excluding hydrogens is 286 g/mol. The van der Waals surface area contributed by atoms with Gasteiger partial charge in [-0.3, -0.25) is 9.13 Å². The molecule has 1 aliphatic rings. The summed E-state index contributed by atoms with van der Waals surface area (Å²) in [4.78, 5) is 0. The molecule has 5 nitrogen and oxygen atoms in total. The van der Waals surface area contributed by atoms with Gasteiger partial charge in [0.05, 0.1) is 25.5 Å². The molecule has 0 N–H and O–H groups in total. The number of hydrogen-bond acceptors (Lipinski definition) is 5. The average molecular weight is 312 g/mol. The summed E-state index contributed by atoms with van der Waals surface area (Å²) in [5.74, 6) is 0.213. The Bertz CT molecular complexity index is 361. The second-order valence-electron chi connectivity index (χ2n) is 4.97. The third kappa shape index (κ3) is 4.68. The van der Waals surface area contributed by atoms with Crippen molar-refractivity contribution in [2.45, 2.75) is 39.8 Å². The van der Waals surface area contributed by atoms with Gasteiger partial charge in [-0.05, 0) is 33.1 Å². The van der Waals surface area contributed by atoms with Crippen molar-refractivity contribution < 1.29 is 22.7 Å². The van der Waals surface area contributed by atoms with E-state index in [1.807, 2.05) is 13.8 Å². The zero-order chi connectivity index (χ0) is 14.5. The van der Waals surface area contributed by atoms with E-state index in [4.69, 9.17) is 13.6 Å². The van der Waals surface area contributed by atoms with E-state index in [9.17, 15) is 9.13 Å². The van der Waals surface area contributed by atoms with E-state index in [1.165, 1.54) is 0 Å². The molecule has 7 heteroatoms. The fourth-order valence-electron chi connectivity index (χ4n) is 2.66. The van der Waals surface area contributed by atoms with Gasteiger partial charge in [0, 0.05) is 12.3 Å². The summed E-state index contributed by atoms with van der Waals surface area (Å²) in [6.07, 6.45) is 1.59. The van der Waals surface area contributed by atoms with Gasteiger partial charge < -0.3 is 13.6 Å². The predicted octanol–water partition coefficient (Wildman–Crippen LogP) is 3.98. The SMILES string of the molecule is CCOP1(=O)C[C@H](C)C[C@H](P(=O)(OCC)OCC)C1. The topological polar surface area (TPSA) is 61.8 Å². The quantitative estimate of drug-likeness (QED) is 0.665. The number of rotatable bonds is 7. The first kappa shape index (κ1) is 17.4. The Hall–Kier alpha value is 0.340. The van der Waals surface area contributed by atoms with Gasteiger partial charge in [0.15, 0.2) is 0 Å². The van der Waals surface area contributed by atoms with Crippen LogP contribution in [0.3, 0.4) is 0 Å². The summed E-state index contributed by atoms with van der Waals surface area (Å²) in [7, 11) is -5.89. The van der Waals surface area contributed by atoms with E-state index in [1.54, 1.807) is 13.8 Å². The van der Waals surface area contributed by atoms with Crippen LogP contribution in [0.1, 0.15) is 34.1 Å². The molecule has 0 saturated carbocycles. The van der Waals surface area contributed by atoms with Crippen molar-refractivity contribution in [2.24, 2.45) is 5.92 Å². The number of hydrogen-bond donors (Lipinski definition) is 0. The Kier molecular flexibility index (Phi) is 6.75. The van der Waals surface area contributed by atoms with Crippen LogP contribution in [0.4, 0.5) is 0 Å². The zero-order valence-corrected chi connectivity index (χ0v) is 14.1. The molecule has 1 heterocycles. The molecule has 0 spiro atoms. The third-order valence-electron chi connectivity index (χ3n) is 3.18. The maximum absolute atomic E-state index is 12.8. The third-order valence-corrected chi connectivity index (χ3v) is 8.90. The van der Waals surface area contributed by atoms with Crippen molar-refractivity contribution in [2.75, 3.05) is 32.1 Å². The molecule has 1 aliphatic heterocycles. The van der Waals surface area contributed by atoms with Crippen molar-refractivity contribution in [3.63, 3.8) is 0 Å². The molecule has 0 radical (unpaired) electrons. The van der Waals surface area contributed by atoms with Gasteiger partial charge in [0.2, 0.25) is 7.37 Å². The fraction of sp³-hybridized carbons (Fsp3) is 1.00. The Morgan fingerprint density at radius 3 is 2.16 bits per heavy atom. The average Bonchev–Trinajstić information content (AvgIpc) is 2.28. The summed E-state index contributed by atoms with van der Waals surface area (Å²) >= 11 is 0. The largest absolute Gasteiger partial charge is 0.334 e. The fourth-order valence-corrected chi connectivity index (χ4v) is 8.76. The lowest BCUT2D eigenvalue weighted by Crippen LogP contribution is -2.28. The maximum atomic E-state index is 12.8. The van der Waals surface area contributed by atoms with E-state index in [0.29, 0.717) is 38.6 Å². The Labute approximate surface area is 116 Å². The first-order chi connectivity index (χ1) is 8.89. The molecule has 1 fully saturated rings. The van der Waals surface area contributed by atoms with Gasteiger partial charge >= 0.3 is 7.60 Å². The van der Waals surface area contributed by atoms with Gasteiger partial charge in [-0.15, -0.1) is 0 Å². The molecule has 19 heavy (non-hydrogen) atoms. The van der Waals surface area contributed by atoms with Crippen LogP contribution in [0, 0.1) is 5.92 Å². The first-order valence-electron chi connectivity index (χ1n) is 7.00. The molecule has 0 aromatic rings. The summed E-state index contributed by atoms with van der Waals surface area (Å²) < 4.78 is 41.7. The molecule has 114 valence electrons. The van der Waals surface area contributed by atoms with Crippen LogP contribution in [-0.4, -0.2) is 37.8 Å². The zero-order valence-electron chi connectivity index (χ0n) is 12.3. The van der Waals surface area contributed by atoms with Crippen molar-refractivity contribution in [3.05, 3.63) is 0 Å². The second-order valence-corrected chi connectivity index (χ2v) is 9.91. The van der Waals surface area contributed by atoms with Gasteiger partial charge in [-0.2, -0.15) is 0 Å². The van der Waals surface area contributed by atoms with Gasteiger partial charge in [-0.25, -0.2) is 0 Å². The van der Waals surface area contributed by atoms with Crippen LogP contribution in [0.15, 0.2) is 0 Å². The first-order valence-corrected chi connectivity index (χ1v) is 10.6. The molecule has 0 bridgehead atoms. The molecule has 0 aromatic carbocycles. The van der Waals surface area contributed by atoms with Gasteiger partial charge in [-0.1, -0.05) is 6.92 Å². The van der Waals surface area contributed by atoms with E-state index < -0.39 is 15.0 Å². The summed E-state index contributed by atoms with van der Waals surface area (Å²) in [6, 6.07) is 0. The van der Waals surface area contributed by atoms with E-state index in [0.717, 1.165) is 0 Å². The van der Waals surface area contributed by atoms with Crippen LogP contribution in [0.2, 0.25) is 0 Å². The molecule has 1 rings (SSSR count). The van der Waals surface area contributed by atoms with Crippen molar-refractivity contribution >= 4 is 15.0 Å². The normalized spacial score (nSPS) is 32.4. The minimum Gasteiger partial charge on any atom is -0.329 e. The van der Waals surface area contributed by atoms with Gasteiger partial charge in [0.25, 0.3) is 0 Å². The predicted molar refractivity (Wildman–Crippen MR) is 77.4 cm³/mol. The van der Waals surface area contributed by atoms with Crippen LogP contribution in [-0.2, 0) is 22.7 Å². The lowest BCUT2D eigenvalue weighted by Gasteiger charge is -2.36. The summed E-state index contributed by atoms with van der Waals surface area (Å²) in [6.45, 7) is 8.52. The standard InChI is InChI=1S/C12H26O5P2/c1-5-15-18(13)9-11(4)8-12(10-18)19(14,16-6-2)17-7-3/h11-12H,5-10H2,1-4H3/t11-,12+,18?/m1/s1. The van der Waals surface area contributed by atoms with E-state index in [2.05, 4.69) is 0 Å². The highest BCUT2D eigenvalue weighted by Crippen LogP contribution is 2.64. The highest BCUT2D eigenvalue weighted by Gasteiger charge is 2.45. The summed E-state index contributed by atoms with van der Waals surface area (Å²) in [5, 5.41) is 0. The minimum atomic E-state index is -3.19. The molecule has 3 atom stereocenters. The Morgan fingerprint density at radius 2 is 1.68 bits per heavy atom. The Balaban J connectivity index is 2.91. The van der Waals surface area contributed by atoms with Crippen LogP contribution in [0.25, 0.3) is 0 Å². The van der Waals surface area contributed by atoms with Crippen LogP contribution in [0.5, 0.6) is 0 Å². The molecule has 1 saturated heterocycles. The van der Waals surface area contributed by atoms with Crippen molar-refractivity contribution in [1.82, 2.24) is 0 Å². The van der Waals surface area contributed by atoms with E-state index in [-0.39, 0.29) is 11.6 Å². The lowest BCUT2D eigenvalue weighted by molar-refractivity contribution is 0.207. The lowest BCUT2D eigenvalue weighted by atomic mass is 10.1. The van der Waals surface area contributed by atoms with Crippen LogP contribution >= 0.6 is 15.0 Å². The second kappa shape index (κ2) is 7.38. The molecule has 0 aromatic heterocycles. The smallest absolute Gasteiger partial charge is 0.329 e. The highest BCUT2D eigenvalue weighted by molar-refractivity contribution is 7.61. The molecular formula is C12H26O5P2. The van der Waals surface area contributed by atoms with Gasteiger partial charge in [0.1, 0.15) is 0 Å². The maximum Gasteiger partial charge on any atom is 0.334 e. The molecule has 1 unspecified atom stereocenters. The van der Waals surface area contributed by atoms with Crippen molar-refractivity contribution in [3.8, 4) is 0 Å². The Morgan fingerprint density at radius 1 is 1.11 bits per heavy atom. The monoisotopic (exact) mass is 312 g/mol. The van der Waals surface area contributed by atoms with Crippen molar-refractivity contribution in [1.29, 1.82) is 0 Å². The molecule has 0 aliphatic carbocycles. The van der Waals surface area contributed by atoms with E-state index >= 15 is 0 Å². The minimum absolute atomic E-state index is 0.213. The highest BCUT2D eigenvalue weighted by atomic mass is 31.2. The van der Waals surface area contributed by atoms with Crippen LogP contribution < -0.4 is 0 Å².